The first-order valence-electron chi connectivity index (χ1n) is 9.77. The highest BCUT2D eigenvalue weighted by Gasteiger charge is 2.14. The quantitative estimate of drug-likeness (QED) is 0.316. The lowest BCUT2D eigenvalue weighted by atomic mass is 9.86. The molecular formula is C28H21. The largest absolute Gasteiger partial charge is 0.0622 e. The van der Waals surface area contributed by atoms with E-state index in [2.05, 4.69) is 110 Å². The van der Waals surface area contributed by atoms with Gasteiger partial charge in [0, 0.05) is 0 Å². The summed E-state index contributed by atoms with van der Waals surface area (Å²) in [5.41, 5.74) is 6.54. The van der Waals surface area contributed by atoms with Gasteiger partial charge >= 0.3 is 0 Å². The molecule has 0 saturated carbocycles. The molecule has 0 amide bonds. The van der Waals surface area contributed by atoms with Crippen molar-refractivity contribution in [3.63, 3.8) is 0 Å². The van der Waals surface area contributed by atoms with Crippen LogP contribution in [0.15, 0.2) is 97.1 Å². The van der Waals surface area contributed by atoms with Gasteiger partial charge in [-0.25, -0.2) is 0 Å². The molecule has 0 saturated heterocycles. The molecule has 0 nitrogen and oxygen atoms in total. The van der Waals surface area contributed by atoms with Gasteiger partial charge in [-0.2, -0.15) is 0 Å². The van der Waals surface area contributed by atoms with Crippen LogP contribution < -0.4 is 0 Å². The van der Waals surface area contributed by atoms with E-state index >= 15 is 0 Å². The molecule has 0 aliphatic heterocycles. The van der Waals surface area contributed by atoms with E-state index in [9.17, 15) is 0 Å². The smallest absolute Gasteiger partial charge is 0.00165 e. The van der Waals surface area contributed by atoms with Crippen LogP contribution in [0, 0.1) is 13.0 Å². The molecule has 0 aliphatic carbocycles. The first-order valence-corrected chi connectivity index (χ1v) is 9.77. The third-order valence-electron chi connectivity index (χ3n) is 5.59. The second kappa shape index (κ2) is 6.98. The Balaban J connectivity index is 1.81. The third kappa shape index (κ3) is 2.88. The van der Waals surface area contributed by atoms with Crippen LogP contribution in [0.4, 0.5) is 0 Å². The minimum absolute atomic E-state index is 0.898. The Morgan fingerprint density at radius 2 is 1.32 bits per heavy atom. The second-order valence-electron chi connectivity index (χ2n) is 7.34. The van der Waals surface area contributed by atoms with Gasteiger partial charge in [0.05, 0.1) is 0 Å². The monoisotopic (exact) mass is 357 g/mol. The Labute approximate surface area is 166 Å². The third-order valence-corrected chi connectivity index (χ3v) is 5.59. The molecule has 133 valence electrons. The zero-order valence-corrected chi connectivity index (χ0v) is 15.9. The number of rotatable bonds is 3. The minimum Gasteiger partial charge on any atom is -0.0622 e. The van der Waals surface area contributed by atoms with E-state index in [0.717, 1.165) is 6.42 Å². The molecule has 5 aromatic carbocycles. The molecule has 0 unspecified atom stereocenters. The van der Waals surface area contributed by atoms with Gasteiger partial charge in [-0.3, -0.25) is 0 Å². The lowest BCUT2D eigenvalue weighted by molar-refractivity contribution is 1.16. The molecule has 0 fully saturated rings. The SMILES string of the molecule is Cc1c(Cc2ccccc2)[c]c2ccccc2c1-c1cccc2ccccc12. The van der Waals surface area contributed by atoms with Crippen molar-refractivity contribution < 1.29 is 0 Å². The molecule has 5 rings (SSSR count). The summed E-state index contributed by atoms with van der Waals surface area (Å²) in [5.74, 6) is 0. The highest BCUT2D eigenvalue weighted by atomic mass is 14.2. The molecule has 0 heteroatoms. The molecule has 0 spiro atoms. The average molecular weight is 357 g/mol. The maximum atomic E-state index is 3.70. The van der Waals surface area contributed by atoms with E-state index in [1.54, 1.807) is 0 Å². The summed E-state index contributed by atoms with van der Waals surface area (Å²) in [6.07, 6.45) is 0.898. The molecule has 0 N–H and O–H groups in total. The predicted molar refractivity (Wildman–Crippen MR) is 120 cm³/mol. The molecule has 0 heterocycles. The van der Waals surface area contributed by atoms with Crippen molar-refractivity contribution in [3.8, 4) is 11.1 Å². The lowest BCUT2D eigenvalue weighted by Gasteiger charge is -2.17. The molecule has 0 atom stereocenters. The van der Waals surface area contributed by atoms with Crippen molar-refractivity contribution in [2.75, 3.05) is 0 Å². The Bertz CT molecular complexity index is 1270. The number of benzene rings is 5. The summed E-state index contributed by atoms with van der Waals surface area (Å²) in [7, 11) is 0. The minimum atomic E-state index is 0.898. The summed E-state index contributed by atoms with van der Waals surface area (Å²) < 4.78 is 0. The van der Waals surface area contributed by atoms with Crippen molar-refractivity contribution in [3.05, 3.63) is 120 Å². The van der Waals surface area contributed by atoms with E-state index in [0.29, 0.717) is 0 Å². The molecule has 5 aromatic rings. The van der Waals surface area contributed by atoms with Gasteiger partial charge < -0.3 is 0 Å². The highest BCUT2D eigenvalue weighted by Crippen LogP contribution is 2.38. The first kappa shape index (κ1) is 16.8. The van der Waals surface area contributed by atoms with E-state index in [1.165, 1.54) is 49.4 Å². The van der Waals surface area contributed by atoms with Crippen LogP contribution >= 0.6 is 0 Å². The van der Waals surface area contributed by atoms with E-state index in [4.69, 9.17) is 0 Å². The lowest BCUT2D eigenvalue weighted by Crippen LogP contribution is -1.97. The van der Waals surface area contributed by atoms with Crippen molar-refractivity contribution in [2.45, 2.75) is 13.3 Å². The summed E-state index contributed by atoms with van der Waals surface area (Å²) >= 11 is 0. The Kier molecular flexibility index (Phi) is 4.18. The first-order chi connectivity index (χ1) is 13.8. The van der Waals surface area contributed by atoms with Crippen LogP contribution in [0.25, 0.3) is 32.7 Å². The molecule has 0 bridgehead atoms. The topological polar surface area (TPSA) is 0 Å². The van der Waals surface area contributed by atoms with Crippen LogP contribution in [0.2, 0.25) is 0 Å². The molecule has 1 radical (unpaired) electrons. The van der Waals surface area contributed by atoms with Crippen LogP contribution in [0.1, 0.15) is 16.7 Å². The fraction of sp³-hybridized carbons (Fsp3) is 0.0714. The van der Waals surface area contributed by atoms with Crippen molar-refractivity contribution in [1.82, 2.24) is 0 Å². The van der Waals surface area contributed by atoms with E-state index < -0.39 is 0 Å². The van der Waals surface area contributed by atoms with Crippen LogP contribution in [-0.4, -0.2) is 0 Å². The fourth-order valence-corrected chi connectivity index (χ4v) is 4.19. The van der Waals surface area contributed by atoms with Gasteiger partial charge in [0.15, 0.2) is 0 Å². The highest BCUT2D eigenvalue weighted by molar-refractivity contribution is 6.06. The molecule has 28 heavy (non-hydrogen) atoms. The van der Waals surface area contributed by atoms with Crippen LogP contribution in [0.3, 0.4) is 0 Å². The summed E-state index contributed by atoms with van der Waals surface area (Å²) in [6.45, 7) is 2.25. The number of fused-ring (bicyclic) bond motifs is 2. The summed E-state index contributed by atoms with van der Waals surface area (Å²) in [6, 6.07) is 38.3. The van der Waals surface area contributed by atoms with Crippen molar-refractivity contribution in [1.29, 1.82) is 0 Å². The predicted octanol–water partition coefficient (Wildman–Crippen LogP) is 7.36. The Morgan fingerprint density at radius 3 is 2.18 bits per heavy atom. The van der Waals surface area contributed by atoms with Crippen molar-refractivity contribution >= 4 is 21.5 Å². The van der Waals surface area contributed by atoms with Gasteiger partial charge in [-0.1, -0.05) is 97.1 Å². The van der Waals surface area contributed by atoms with Crippen LogP contribution in [-0.2, 0) is 6.42 Å². The number of hydrogen-bond donors (Lipinski definition) is 0. The summed E-state index contributed by atoms with van der Waals surface area (Å²) in [5, 5.41) is 5.03. The molecule has 0 aromatic heterocycles. The fourth-order valence-electron chi connectivity index (χ4n) is 4.19. The van der Waals surface area contributed by atoms with E-state index in [-0.39, 0.29) is 0 Å². The van der Waals surface area contributed by atoms with Gasteiger partial charge in [0.2, 0.25) is 0 Å². The van der Waals surface area contributed by atoms with Gasteiger partial charge in [0.1, 0.15) is 0 Å². The normalized spacial score (nSPS) is 11.2. The average Bonchev–Trinajstić information content (AvgIpc) is 2.75. The molecule has 0 aliphatic rings. The Morgan fingerprint density at radius 1 is 0.643 bits per heavy atom. The maximum Gasteiger partial charge on any atom is -0.00165 e. The van der Waals surface area contributed by atoms with Crippen LogP contribution in [0.5, 0.6) is 0 Å². The number of hydrogen-bond acceptors (Lipinski definition) is 0. The van der Waals surface area contributed by atoms with Gasteiger partial charge in [0.25, 0.3) is 0 Å². The van der Waals surface area contributed by atoms with Gasteiger partial charge in [-0.15, -0.1) is 0 Å². The zero-order valence-electron chi connectivity index (χ0n) is 15.9. The second-order valence-corrected chi connectivity index (χ2v) is 7.34. The summed E-state index contributed by atoms with van der Waals surface area (Å²) in [4.78, 5) is 0. The van der Waals surface area contributed by atoms with E-state index in [1.807, 2.05) is 0 Å². The maximum absolute atomic E-state index is 3.70. The molecular weight excluding hydrogens is 336 g/mol. The standard InChI is InChI=1S/C28H21/c1-20-24(18-21-10-3-2-4-11-21)19-23-13-6-8-16-26(23)28(20)27-17-9-14-22-12-5-7-15-25(22)27/h2-17H,18H2,1H3. The zero-order chi connectivity index (χ0) is 18.9. The Hall–Kier alpha value is -3.38. The van der Waals surface area contributed by atoms with Crippen molar-refractivity contribution in [2.24, 2.45) is 0 Å². The van der Waals surface area contributed by atoms with Gasteiger partial charge in [-0.05, 0) is 68.8 Å².